The molecule has 26 heavy (non-hydrogen) atoms. The molecule has 1 aromatic carbocycles. The Morgan fingerprint density at radius 3 is 2.31 bits per heavy atom. The first-order chi connectivity index (χ1) is 12.5. The zero-order valence-electron chi connectivity index (χ0n) is 14.4. The predicted molar refractivity (Wildman–Crippen MR) is 100 cm³/mol. The van der Waals surface area contributed by atoms with Crippen molar-refractivity contribution in [2.24, 2.45) is 0 Å². The number of nitrogens with one attached hydrogen (secondary N) is 1. The van der Waals surface area contributed by atoms with Crippen LogP contribution in [-0.4, -0.2) is 30.3 Å². The van der Waals surface area contributed by atoms with Crippen molar-refractivity contribution in [3.63, 3.8) is 0 Å². The summed E-state index contributed by atoms with van der Waals surface area (Å²) < 4.78 is 30.1. The maximum absolute atomic E-state index is 12.2. The molecular formula is C19H22N2O4S. The van der Waals surface area contributed by atoms with E-state index in [0.29, 0.717) is 17.2 Å². The molecule has 6 nitrogen and oxygen atoms in total. The van der Waals surface area contributed by atoms with Gasteiger partial charge in [0.2, 0.25) is 5.91 Å². The topological polar surface area (TPSA) is 85.4 Å². The molecule has 1 amide bonds. The van der Waals surface area contributed by atoms with Crippen molar-refractivity contribution in [2.75, 3.05) is 11.1 Å². The Morgan fingerprint density at radius 1 is 1.04 bits per heavy atom. The quantitative estimate of drug-likeness (QED) is 0.801. The minimum Gasteiger partial charge on any atom is -0.457 e. The minimum absolute atomic E-state index is 0.0197. The van der Waals surface area contributed by atoms with Gasteiger partial charge >= 0.3 is 0 Å². The zero-order valence-corrected chi connectivity index (χ0v) is 15.2. The highest BCUT2D eigenvalue weighted by Crippen LogP contribution is 2.26. The normalized spacial score (nSPS) is 14.9. The summed E-state index contributed by atoms with van der Waals surface area (Å²) in [5, 5.41) is 2.46. The van der Waals surface area contributed by atoms with Gasteiger partial charge in [0.05, 0.1) is 11.0 Å². The van der Waals surface area contributed by atoms with E-state index in [1.165, 1.54) is 0 Å². The van der Waals surface area contributed by atoms with Gasteiger partial charge in [-0.15, -0.1) is 0 Å². The second kappa shape index (κ2) is 8.31. The smallest absolute Gasteiger partial charge is 0.225 e. The van der Waals surface area contributed by atoms with Gasteiger partial charge in [-0.25, -0.2) is 8.42 Å². The number of carbonyl (C=O) groups is 1. The maximum Gasteiger partial charge on any atom is 0.225 e. The number of pyridine rings is 1. The number of amides is 1. The Labute approximate surface area is 153 Å². The summed E-state index contributed by atoms with van der Waals surface area (Å²) in [7, 11) is -3.17. The predicted octanol–water partition coefficient (Wildman–Crippen LogP) is 3.56. The third-order valence-corrected chi connectivity index (χ3v) is 6.71. The number of ether oxygens (including phenoxy) is 1. The largest absolute Gasteiger partial charge is 0.457 e. The van der Waals surface area contributed by atoms with E-state index in [9.17, 15) is 13.2 Å². The third-order valence-electron chi connectivity index (χ3n) is 4.45. The summed E-state index contributed by atoms with van der Waals surface area (Å²) in [6.07, 6.45) is 6.64. The van der Waals surface area contributed by atoms with Crippen LogP contribution in [0.2, 0.25) is 0 Å². The lowest BCUT2D eigenvalue weighted by Crippen LogP contribution is -2.24. The van der Waals surface area contributed by atoms with Gasteiger partial charge in [0.1, 0.15) is 11.5 Å². The van der Waals surface area contributed by atoms with Gasteiger partial charge in [0.15, 0.2) is 9.84 Å². The Hall–Kier alpha value is -2.41. The summed E-state index contributed by atoms with van der Waals surface area (Å²) in [5.41, 5.74) is 0.607. The standard InChI is InChI=1S/C19H22N2O4S/c22-19(11-14-26(23,24)18-3-1-2-4-18)21-15-5-7-16(8-6-15)25-17-9-12-20-13-10-17/h5-10,12-13,18H,1-4,11,14H2,(H,21,22). The number of carbonyl (C=O) groups excluding carboxylic acids is 1. The van der Waals surface area contributed by atoms with E-state index in [-0.39, 0.29) is 23.3 Å². The average Bonchev–Trinajstić information content (AvgIpc) is 3.18. The molecule has 0 radical (unpaired) electrons. The molecule has 0 unspecified atom stereocenters. The van der Waals surface area contributed by atoms with Crippen LogP contribution in [-0.2, 0) is 14.6 Å². The number of nitrogens with zero attached hydrogens (tertiary/aromatic N) is 1. The highest BCUT2D eigenvalue weighted by Gasteiger charge is 2.28. The van der Waals surface area contributed by atoms with Crippen LogP contribution in [0.25, 0.3) is 0 Å². The number of benzene rings is 1. The first kappa shape index (κ1) is 18.4. The van der Waals surface area contributed by atoms with Crippen molar-refractivity contribution >= 4 is 21.4 Å². The Kier molecular flexibility index (Phi) is 5.88. The molecule has 1 fully saturated rings. The molecule has 0 atom stereocenters. The summed E-state index contributed by atoms with van der Waals surface area (Å²) in [6, 6.07) is 10.4. The Morgan fingerprint density at radius 2 is 1.65 bits per heavy atom. The van der Waals surface area contributed by atoms with Gasteiger partial charge in [0.25, 0.3) is 0 Å². The van der Waals surface area contributed by atoms with Gasteiger partial charge in [-0.05, 0) is 49.2 Å². The lowest BCUT2D eigenvalue weighted by Gasteiger charge is -2.11. The summed E-state index contributed by atoms with van der Waals surface area (Å²) >= 11 is 0. The molecule has 0 aliphatic heterocycles. The fraction of sp³-hybridized carbons (Fsp3) is 0.368. The molecular weight excluding hydrogens is 352 g/mol. The Balaban J connectivity index is 1.50. The highest BCUT2D eigenvalue weighted by molar-refractivity contribution is 7.92. The number of anilines is 1. The molecule has 1 aliphatic rings. The molecule has 3 rings (SSSR count). The van der Waals surface area contributed by atoms with Gasteiger partial charge in [-0.1, -0.05) is 12.8 Å². The number of hydrogen-bond acceptors (Lipinski definition) is 5. The second-order valence-electron chi connectivity index (χ2n) is 6.38. The van der Waals surface area contributed by atoms with Crippen LogP contribution in [0.4, 0.5) is 5.69 Å². The summed E-state index contributed by atoms with van der Waals surface area (Å²) in [6.45, 7) is 0. The lowest BCUT2D eigenvalue weighted by molar-refractivity contribution is -0.115. The molecule has 0 saturated heterocycles. The maximum atomic E-state index is 12.2. The van der Waals surface area contributed by atoms with Crippen molar-refractivity contribution in [2.45, 2.75) is 37.4 Å². The van der Waals surface area contributed by atoms with Crippen molar-refractivity contribution in [1.82, 2.24) is 4.98 Å². The molecule has 1 saturated carbocycles. The van der Waals surface area contributed by atoms with Crippen LogP contribution in [0.1, 0.15) is 32.1 Å². The molecule has 2 aromatic rings. The molecule has 0 bridgehead atoms. The van der Waals surface area contributed by atoms with Gasteiger partial charge in [-0.2, -0.15) is 0 Å². The van der Waals surface area contributed by atoms with Crippen LogP contribution in [0.3, 0.4) is 0 Å². The first-order valence-corrected chi connectivity index (χ1v) is 10.4. The number of sulfone groups is 1. The molecule has 1 heterocycles. The van der Waals surface area contributed by atoms with Crippen LogP contribution in [0.15, 0.2) is 48.8 Å². The number of rotatable bonds is 7. The van der Waals surface area contributed by atoms with E-state index in [1.807, 2.05) is 0 Å². The second-order valence-corrected chi connectivity index (χ2v) is 8.78. The minimum atomic E-state index is -3.17. The summed E-state index contributed by atoms with van der Waals surface area (Å²) in [4.78, 5) is 16.0. The summed E-state index contributed by atoms with van der Waals surface area (Å²) in [5.74, 6) is 0.925. The van der Waals surface area contributed by atoms with Crippen molar-refractivity contribution in [3.05, 3.63) is 48.8 Å². The van der Waals surface area contributed by atoms with Crippen molar-refractivity contribution in [1.29, 1.82) is 0 Å². The van der Waals surface area contributed by atoms with Crippen molar-refractivity contribution < 1.29 is 17.9 Å². The third kappa shape index (κ3) is 5.05. The lowest BCUT2D eigenvalue weighted by atomic mass is 10.3. The Bertz CT molecular complexity index is 830. The molecule has 1 N–H and O–H groups in total. The molecule has 1 aromatic heterocycles. The SMILES string of the molecule is O=C(CCS(=O)(=O)C1CCCC1)Nc1ccc(Oc2ccncc2)cc1. The zero-order chi connectivity index (χ0) is 18.4. The first-order valence-electron chi connectivity index (χ1n) is 8.72. The van der Waals surface area contributed by atoms with Crippen LogP contribution in [0, 0.1) is 0 Å². The fourth-order valence-electron chi connectivity index (χ4n) is 3.02. The van der Waals surface area contributed by atoms with Crippen molar-refractivity contribution in [3.8, 4) is 11.5 Å². The van der Waals surface area contributed by atoms with E-state index in [0.717, 1.165) is 25.7 Å². The number of hydrogen-bond donors (Lipinski definition) is 1. The molecule has 7 heteroatoms. The van der Waals surface area contributed by atoms with E-state index in [1.54, 1.807) is 48.8 Å². The molecule has 138 valence electrons. The number of aromatic nitrogens is 1. The van der Waals surface area contributed by atoms with E-state index in [4.69, 9.17) is 4.74 Å². The molecule has 1 aliphatic carbocycles. The van der Waals surface area contributed by atoms with E-state index < -0.39 is 9.84 Å². The van der Waals surface area contributed by atoms with Gasteiger partial charge < -0.3 is 10.1 Å². The average molecular weight is 374 g/mol. The monoisotopic (exact) mass is 374 g/mol. The fourth-order valence-corrected chi connectivity index (χ4v) is 4.88. The van der Waals surface area contributed by atoms with Crippen LogP contribution < -0.4 is 10.1 Å². The van der Waals surface area contributed by atoms with E-state index >= 15 is 0 Å². The molecule has 0 spiro atoms. The van der Waals surface area contributed by atoms with Gasteiger partial charge in [0, 0.05) is 24.5 Å². The van der Waals surface area contributed by atoms with E-state index in [2.05, 4.69) is 10.3 Å². The van der Waals surface area contributed by atoms with Crippen LogP contribution >= 0.6 is 0 Å². The van der Waals surface area contributed by atoms with Crippen LogP contribution in [0.5, 0.6) is 11.5 Å². The highest BCUT2D eigenvalue weighted by atomic mass is 32.2. The van der Waals surface area contributed by atoms with Gasteiger partial charge in [-0.3, -0.25) is 9.78 Å².